The molecule has 1 N–H and O–H groups in total. The average molecular weight is 210 g/mol. The number of ether oxygens (including phenoxy) is 2. The maximum atomic E-state index is 11.0. The van der Waals surface area contributed by atoms with E-state index in [1.165, 1.54) is 6.07 Å². The molecule has 1 rings (SSSR count). The molecule has 1 aromatic carbocycles. The lowest BCUT2D eigenvalue weighted by Crippen LogP contribution is -2.14. The molecule has 82 valence electrons. The van der Waals surface area contributed by atoms with E-state index in [0.717, 1.165) is 5.56 Å². The number of phenols is 1. The molecule has 0 bridgehead atoms. The van der Waals surface area contributed by atoms with E-state index in [2.05, 4.69) is 0 Å². The number of phenolic OH excluding ortho intramolecular Hbond substituents is 1. The Morgan fingerprint density at radius 1 is 1.47 bits per heavy atom. The van der Waals surface area contributed by atoms with Crippen LogP contribution in [-0.4, -0.2) is 24.3 Å². The molecule has 0 spiro atoms. The molecule has 0 saturated carbocycles. The number of aromatic hydroxyl groups is 1. The topological polar surface area (TPSA) is 55.8 Å². The van der Waals surface area contributed by atoms with Gasteiger partial charge in [0.15, 0.2) is 6.61 Å². The summed E-state index contributed by atoms with van der Waals surface area (Å²) in [5.74, 6) is 0.181. The van der Waals surface area contributed by atoms with Gasteiger partial charge in [-0.2, -0.15) is 0 Å². The number of aryl methyl sites for hydroxylation is 1. The summed E-state index contributed by atoms with van der Waals surface area (Å²) in [6.07, 6.45) is 0. The fourth-order valence-corrected chi connectivity index (χ4v) is 1.02. The summed E-state index contributed by atoms with van der Waals surface area (Å²) in [7, 11) is 0. The zero-order valence-corrected chi connectivity index (χ0v) is 8.82. The van der Waals surface area contributed by atoms with Crippen LogP contribution in [0.3, 0.4) is 0 Å². The first kappa shape index (κ1) is 11.4. The Morgan fingerprint density at radius 2 is 2.20 bits per heavy atom. The molecule has 0 atom stereocenters. The van der Waals surface area contributed by atoms with Gasteiger partial charge in [-0.1, -0.05) is 6.07 Å². The van der Waals surface area contributed by atoms with Crippen molar-refractivity contribution in [2.24, 2.45) is 0 Å². The second-order valence-corrected chi connectivity index (χ2v) is 3.04. The molecule has 0 heterocycles. The van der Waals surface area contributed by atoms with Crippen molar-refractivity contribution in [1.82, 2.24) is 0 Å². The summed E-state index contributed by atoms with van der Waals surface area (Å²) in [5.41, 5.74) is 0.762. The van der Waals surface area contributed by atoms with Crippen LogP contribution in [-0.2, 0) is 9.53 Å². The minimum Gasteiger partial charge on any atom is -0.508 e. The molecular weight excluding hydrogens is 196 g/mol. The molecule has 0 radical (unpaired) electrons. The zero-order chi connectivity index (χ0) is 11.3. The van der Waals surface area contributed by atoms with Crippen molar-refractivity contribution < 1.29 is 19.4 Å². The van der Waals surface area contributed by atoms with E-state index in [0.29, 0.717) is 12.4 Å². The molecule has 15 heavy (non-hydrogen) atoms. The fraction of sp³-hybridized carbons (Fsp3) is 0.364. The quantitative estimate of drug-likeness (QED) is 0.767. The third-order valence-electron chi connectivity index (χ3n) is 1.84. The summed E-state index contributed by atoms with van der Waals surface area (Å²) < 4.78 is 9.81. The highest BCUT2D eigenvalue weighted by molar-refractivity contribution is 5.71. The summed E-state index contributed by atoms with van der Waals surface area (Å²) in [6, 6.07) is 4.87. The van der Waals surface area contributed by atoms with Gasteiger partial charge in [-0.15, -0.1) is 0 Å². The van der Waals surface area contributed by atoms with Gasteiger partial charge < -0.3 is 14.6 Å². The highest BCUT2D eigenvalue weighted by Crippen LogP contribution is 2.22. The maximum Gasteiger partial charge on any atom is 0.344 e. The molecule has 0 unspecified atom stereocenters. The van der Waals surface area contributed by atoms with E-state index in [9.17, 15) is 9.90 Å². The molecule has 0 aromatic heterocycles. The zero-order valence-electron chi connectivity index (χ0n) is 8.82. The number of esters is 1. The van der Waals surface area contributed by atoms with Gasteiger partial charge in [-0.3, -0.25) is 0 Å². The van der Waals surface area contributed by atoms with Gasteiger partial charge in [-0.05, 0) is 25.5 Å². The Balaban J connectivity index is 2.51. The van der Waals surface area contributed by atoms with Crippen molar-refractivity contribution in [3.05, 3.63) is 23.8 Å². The minimum atomic E-state index is -0.419. The lowest BCUT2D eigenvalue weighted by atomic mass is 10.2. The summed E-state index contributed by atoms with van der Waals surface area (Å²) in [5, 5.41) is 9.37. The SMILES string of the molecule is CCOC(=O)COc1ccc(C)c(O)c1. The number of carbonyl (C=O) groups excluding carboxylic acids is 1. The van der Waals surface area contributed by atoms with E-state index in [-0.39, 0.29) is 12.4 Å². The van der Waals surface area contributed by atoms with Crippen molar-refractivity contribution in [3.63, 3.8) is 0 Å². The molecule has 1 aromatic rings. The molecular formula is C11H14O4. The predicted molar refractivity (Wildman–Crippen MR) is 55.0 cm³/mol. The first-order valence-electron chi connectivity index (χ1n) is 4.71. The Bertz CT molecular complexity index is 346. The van der Waals surface area contributed by atoms with Crippen molar-refractivity contribution in [2.75, 3.05) is 13.2 Å². The number of rotatable bonds is 4. The van der Waals surface area contributed by atoms with Crippen LogP contribution in [0.15, 0.2) is 18.2 Å². The minimum absolute atomic E-state index is 0.143. The van der Waals surface area contributed by atoms with Crippen LogP contribution in [0.25, 0.3) is 0 Å². The van der Waals surface area contributed by atoms with Crippen molar-refractivity contribution >= 4 is 5.97 Å². The van der Waals surface area contributed by atoms with Crippen LogP contribution in [0.2, 0.25) is 0 Å². The predicted octanol–water partition coefficient (Wildman–Crippen LogP) is 1.64. The first-order chi connectivity index (χ1) is 7.13. The molecule has 0 fully saturated rings. The number of carbonyl (C=O) groups is 1. The Labute approximate surface area is 88.4 Å². The molecule has 0 aliphatic carbocycles. The fourth-order valence-electron chi connectivity index (χ4n) is 1.02. The maximum absolute atomic E-state index is 11.0. The van der Waals surface area contributed by atoms with Crippen LogP contribution in [0, 0.1) is 6.92 Å². The molecule has 4 heteroatoms. The molecule has 0 saturated heterocycles. The summed E-state index contributed by atoms with van der Waals surface area (Å²) >= 11 is 0. The third-order valence-corrected chi connectivity index (χ3v) is 1.84. The third kappa shape index (κ3) is 3.50. The summed E-state index contributed by atoms with van der Waals surface area (Å²) in [4.78, 5) is 11.0. The van der Waals surface area contributed by atoms with Gasteiger partial charge in [0, 0.05) is 6.07 Å². The van der Waals surface area contributed by atoms with Crippen LogP contribution in [0.5, 0.6) is 11.5 Å². The van der Waals surface area contributed by atoms with Gasteiger partial charge in [-0.25, -0.2) is 4.79 Å². The van der Waals surface area contributed by atoms with Gasteiger partial charge in [0.25, 0.3) is 0 Å². The van der Waals surface area contributed by atoms with E-state index in [4.69, 9.17) is 9.47 Å². The van der Waals surface area contributed by atoms with Crippen LogP contribution >= 0.6 is 0 Å². The van der Waals surface area contributed by atoms with E-state index < -0.39 is 5.97 Å². The smallest absolute Gasteiger partial charge is 0.344 e. The van der Waals surface area contributed by atoms with Crippen LogP contribution in [0.4, 0.5) is 0 Å². The molecule has 0 aliphatic rings. The van der Waals surface area contributed by atoms with Crippen molar-refractivity contribution in [1.29, 1.82) is 0 Å². The van der Waals surface area contributed by atoms with Crippen LogP contribution in [0.1, 0.15) is 12.5 Å². The highest BCUT2D eigenvalue weighted by atomic mass is 16.6. The average Bonchev–Trinajstić information content (AvgIpc) is 2.20. The van der Waals surface area contributed by atoms with E-state index in [1.54, 1.807) is 26.0 Å². The van der Waals surface area contributed by atoms with Crippen molar-refractivity contribution in [3.8, 4) is 11.5 Å². The van der Waals surface area contributed by atoms with Gasteiger partial charge in [0.1, 0.15) is 11.5 Å². The summed E-state index contributed by atoms with van der Waals surface area (Å²) in [6.45, 7) is 3.71. The molecule has 0 amide bonds. The largest absolute Gasteiger partial charge is 0.508 e. The molecule has 4 nitrogen and oxygen atoms in total. The number of benzene rings is 1. The van der Waals surface area contributed by atoms with Gasteiger partial charge in [0.2, 0.25) is 0 Å². The first-order valence-corrected chi connectivity index (χ1v) is 4.71. The number of hydrogen-bond acceptors (Lipinski definition) is 4. The van der Waals surface area contributed by atoms with Crippen LogP contribution < -0.4 is 4.74 Å². The second kappa shape index (κ2) is 5.24. The van der Waals surface area contributed by atoms with E-state index >= 15 is 0 Å². The van der Waals surface area contributed by atoms with Gasteiger partial charge in [0.05, 0.1) is 6.61 Å². The lowest BCUT2D eigenvalue weighted by Gasteiger charge is -2.06. The second-order valence-electron chi connectivity index (χ2n) is 3.04. The Hall–Kier alpha value is -1.71. The normalized spacial score (nSPS) is 9.73. The number of hydrogen-bond donors (Lipinski definition) is 1. The van der Waals surface area contributed by atoms with Crippen molar-refractivity contribution in [2.45, 2.75) is 13.8 Å². The van der Waals surface area contributed by atoms with Gasteiger partial charge >= 0.3 is 5.97 Å². The van der Waals surface area contributed by atoms with E-state index in [1.807, 2.05) is 0 Å². The highest BCUT2D eigenvalue weighted by Gasteiger charge is 2.04. The Kier molecular flexibility index (Phi) is 3.97. The lowest BCUT2D eigenvalue weighted by molar-refractivity contribution is -0.145. The standard InChI is InChI=1S/C11H14O4/c1-3-14-11(13)7-15-9-5-4-8(2)10(12)6-9/h4-6,12H,3,7H2,1-2H3. The Morgan fingerprint density at radius 3 is 2.80 bits per heavy atom. The molecule has 0 aliphatic heterocycles. The monoisotopic (exact) mass is 210 g/mol.